The van der Waals surface area contributed by atoms with Crippen LogP contribution in [0.1, 0.15) is 6.92 Å². The minimum atomic E-state index is -5.11. The van der Waals surface area contributed by atoms with E-state index in [1.54, 1.807) is 5.32 Å². The number of nitrogens with one attached hydrogen (secondary N) is 4. The second-order valence-electron chi connectivity index (χ2n) is 6.96. The molecule has 198 valence electrons. The first-order chi connectivity index (χ1) is 17.9. The highest BCUT2D eigenvalue weighted by molar-refractivity contribution is 6.47. The van der Waals surface area contributed by atoms with Gasteiger partial charge in [0.1, 0.15) is 11.8 Å². The Morgan fingerprint density at radius 3 is 2.47 bits per heavy atom. The van der Waals surface area contributed by atoms with E-state index in [0.717, 1.165) is 0 Å². The molecule has 0 spiro atoms. The molecule has 4 N–H and O–H groups in total. The lowest BCUT2D eigenvalue weighted by Gasteiger charge is -2.12. The quantitative estimate of drug-likeness (QED) is 0.233. The van der Waals surface area contributed by atoms with Crippen LogP contribution in [0.2, 0.25) is 10.0 Å². The number of fused-ring (bicyclic) bond motifs is 1. The van der Waals surface area contributed by atoms with Crippen LogP contribution in [-0.4, -0.2) is 46.6 Å². The predicted octanol–water partition coefficient (Wildman–Crippen LogP) is 4.73. The summed E-state index contributed by atoms with van der Waals surface area (Å²) in [6, 6.07) is 8.27. The number of benzene rings is 2. The average molecular weight is 572 g/mol. The Morgan fingerprint density at radius 1 is 1.18 bits per heavy atom. The van der Waals surface area contributed by atoms with Crippen molar-refractivity contribution < 1.29 is 37.0 Å². The number of hydrogen-bond donors (Lipinski definition) is 4. The first-order valence-electron chi connectivity index (χ1n) is 10.2. The molecular formula is C21H14Cl2F3N7O5. The minimum Gasteiger partial charge on any atom is -0.454 e. The van der Waals surface area contributed by atoms with E-state index in [2.05, 4.69) is 25.5 Å². The normalized spacial score (nSPS) is 11.4. The molecule has 0 saturated heterocycles. The molecule has 0 aliphatic rings. The molecular weight excluding hydrogens is 558 g/mol. The number of imide groups is 1. The van der Waals surface area contributed by atoms with Gasteiger partial charge in [-0.15, -0.1) is 0 Å². The van der Waals surface area contributed by atoms with E-state index in [0.29, 0.717) is 5.52 Å². The van der Waals surface area contributed by atoms with Gasteiger partial charge in [-0.3, -0.25) is 25.4 Å². The summed E-state index contributed by atoms with van der Waals surface area (Å²) in [5, 5.41) is 22.3. The number of carbonyl (C=O) groups is 3. The van der Waals surface area contributed by atoms with Gasteiger partial charge >= 0.3 is 18.2 Å². The molecule has 1 heterocycles. The molecule has 0 saturated carbocycles. The lowest BCUT2D eigenvalue weighted by molar-refractivity contribution is -0.167. The monoisotopic (exact) mass is 571 g/mol. The number of nitriles is 1. The summed E-state index contributed by atoms with van der Waals surface area (Å²) in [6.07, 6.45) is -6.17. The van der Waals surface area contributed by atoms with Crippen LogP contribution >= 0.6 is 23.2 Å². The number of alkyl carbamates (subject to hydrolysis) is 1. The number of hydrogen-bond acceptors (Lipinski definition) is 9. The maximum Gasteiger partial charge on any atom is 0.471 e. The van der Waals surface area contributed by atoms with Crippen LogP contribution in [0.25, 0.3) is 10.9 Å². The number of aromatic nitrogens is 2. The Hall–Kier alpha value is -4.55. The molecule has 1 aromatic heterocycles. The van der Waals surface area contributed by atoms with Gasteiger partial charge in [-0.25, -0.2) is 4.79 Å². The summed E-state index contributed by atoms with van der Waals surface area (Å²) < 4.78 is 48.0. The van der Waals surface area contributed by atoms with E-state index in [1.165, 1.54) is 43.3 Å². The van der Waals surface area contributed by atoms with Crippen molar-refractivity contribution in [1.82, 2.24) is 15.5 Å². The largest absolute Gasteiger partial charge is 0.471 e. The van der Waals surface area contributed by atoms with Gasteiger partial charge in [0.05, 0.1) is 27.9 Å². The Kier molecular flexibility index (Phi) is 8.61. The molecule has 0 atom stereocenters. The number of carbonyl (C=O) groups excluding carboxylic acids is 3. The Bertz CT molecular complexity index is 1460. The van der Waals surface area contributed by atoms with Gasteiger partial charge in [0.2, 0.25) is 5.71 Å². The molecule has 12 nitrogen and oxygen atoms in total. The van der Waals surface area contributed by atoms with Crippen LogP contribution in [0.15, 0.2) is 35.4 Å². The highest BCUT2D eigenvalue weighted by atomic mass is 35.5. The van der Waals surface area contributed by atoms with Gasteiger partial charge in [-0.1, -0.05) is 23.2 Å². The van der Waals surface area contributed by atoms with Crippen LogP contribution in [-0.2, 0) is 14.3 Å². The summed E-state index contributed by atoms with van der Waals surface area (Å²) in [5.74, 6) is -3.65. The number of ether oxygens (including phenoxy) is 2. The van der Waals surface area contributed by atoms with Crippen LogP contribution < -0.4 is 20.8 Å². The summed E-state index contributed by atoms with van der Waals surface area (Å²) in [7, 11) is 0. The van der Waals surface area contributed by atoms with Crippen molar-refractivity contribution >= 4 is 69.2 Å². The van der Waals surface area contributed by atoms with Crippen LogP contribution in [0.4, 0.5) is 29.5 Å². The lowest BCUT2D eigenvalue weighted by atomic mass is 10.2. The lowest BCUT2D eigenvalue weighted by Crippen LogP contribution is -2.36. The predicted molar refractivity (Wildman–Crippen MR) is 129 cm³/mol. The highest BCUT2D eigenvalue weighted by Gasteiger charge is 2.39. The van der Waals surface area contributed by atoms with Gasteiger partial charge < -0.3 is 14.8 Å². The van der Waals surface area contributed by atoms with Crippen molar-refractivity contribution in [1.29, 1.82) is 5.26 Å². The van der Waals surface area contributed by atoms with Crippen LogP contribution in [0.3, 0.4) is 0 Å². The van der Waals surface area contributed by atoms with Gasteiger partial charge in [-0.2, -0.15) is 28.6 Å². The molecule has 0 bridgehead atoms. The molecule has 0 aliphatic carbocycles. The molecule has 17 heteroatoms. The SMILES string of the molecule is CCOC(=O)NC(=O)C(C#N)=NNc1cc(Cl)c(Oc2ccc3[nH]nc(NC(=O)C(F)(F)F)c3c2)c(Cl)c1. The number of hydrazone groups is 1. The molecule has 2 aromatic carbocycles. The highest BCUT2D eigenvalue weighted by Crippen LogP contribution is 2.40. The fraction of sp³-hybridized carbons (Fsp3) is 0.143. The van der Waals surface area contributed by atoms with Crippen molar-refractivity contribution in [2.45, 2.75) is 13.1 Å². The molecule has 3 amide bonds. The molecule has 3 aromatic rings. The standard InChI is InChI=1S/C21H14Cl2F3N7O5/c1-2-37-20(36)29-18(34)15(8-27)32-30-9-5-12(22)16(13(23)6-9)38-10-3-4-14-11(7-10)17(33-31-14)28-19(35)21(24,25)26/h3-7,30H,2H2,1H3,(H,29,34,36)(H2,28,31,33,35). The average Bonchev–Trinajstić information content (AvgIpc) is 3.23. The van der Waals surface area contributed by atoms with Crippen molar-refractivity contribution in [3.63, 3.8) is 0 Å². The van der Waals surface area contributed by atoms with Crippen molar-refractivity contribution in [3.05, 3.63) is 40.4 Å². The fourth-order valence-electron chi connectivity index (χ4n) is 2.74. The zero-order chi connectivity index (χ0) is 28.0. The summed E-state index contributed by atoms with van der Waals surface area (Å²) >= 11 is 12.5. The van der Waals surface area contributed by atoms with Crippen molar-refractivity contribution in [2.24, 2.45) is 5.10 Å². The Balaban J connectivity index is 1.79. The number of anilines is 2. The number of alkyl halides is 3. The van der Waals surface area contributed by atoms with E-state index < -0.39 is 29.8 Å². The zero-order valence-electron chi connectivity index (χ0n) is 18.9. The summed E-state index contributed by atoms with van der Waals surface area (Å²) in [4.78, 5) is 34.5. The summed E-state index contributed by atoms with van der Waals surface area (Å²) in [5.41, 5.74) is 2.14. The maximum absolute atomic E-state index is 12.6. The second kappa shape index (κ2) is 11.7. The molecule has 0 radical (unpaired) electrons. The van der Waals surface area contributed by atoms with Gasteiger partial charge in [-0.05, 0) is 37.3 Å². The van der Waals surface area contributed by atoms with E-state index in [1.807, 2.05) is 5.32 Å². The van der Waals surface area contributed by atoms with E-state index >= 15 is 0 Å². The Labute approximate surface area is 220 Å². The number of aromatic amines is 1. The molecule has 38 heavy (non-hydrogen) atoms. The van der Waals surface area contributed by atoms with Crippen LogP contribution in [0, 0.1) is 11.3 Å². The third-order valence-electron chi connectivity index (χ3n) is 4.35. The van der Waals surface area contributed by atoms with Crippen molar-refractivity contribution in [3.8, 4) is 17.6 Å². The zero-order valence-corrected chi connectivity index (χ0v) is 20.4. The van der Waals surface area contributed by atoms with E-state index in [-0.39, 0.29) is 45.0 Å². The summed E-state index contributed by atoms with van der Waals surface area (Å²) in [6.45, 7) is 1.53. The van der Waals surface area contributed by atoms with E-state index in [4.69, 9.17) is 33.2 Å². The molecule has 0 unspecified atom stereocenters. The van der Waals surface area contributed by atoms with Crippen molar-refractivity contribution in [2.75, 3.05) is 17.3 Å². The van der Waals surface area contributed by atoms with Crippen LogP contribution in [0.5, 0.6) is 11.5 Å². The molecule has 0 fully saturated rings. The van der Waals surface area contributed by atoms with Gasteiger partial charge in [0.25, 0.3) is 5.91 Å². The van der Waals surface area contributed by atoms with Gasteiger partial charge in [0, 0.05) is 5.39 Å². The number of halogens is 5. The fourth-order valence-corrected chi connectivity index (χ4v) is 3.30. The topological polar surface area (TPSA) is 171 Å². The van der Waals surface area contributed by atoms with E-state index in [9.17, 15) is 27.6 Å². The first kappa shape index (κ1) is 28.0. The maximum atomic E-state index is 12.6. The second-order valence-corrected chi connectivity index (χ2v) is 7.78. The molecule has 0 aliphatic heterocycles. The van der Waals surface area contributed by atoms with Gasteiger partial charge in [0.15, 0.2) is 11.6 Å². The smallest absolute Gasteiger partial charge is 0.454 e. The minimum absolute atomic E-state index is 0.00747. The number of amides is 3. The third-order valence-corrected chi connectivity index (χ3v) is 4.91. The number of H-pyrrole nitrogens is 1. The first-order valence-corrected chi connectivity index (χ1v) is 10.9. The Morgan fingerprint density at radius 2 is 1.87 bits per heavy atom. The number of rotatable bonds is 7. The third kappa shape index (κ3) is 6.81. The molecule has 3 rings (SSSR count). The number of nitrogens with zero attached hydrogens (tertiary/aromatic N) is 3.